The Balaban J connectivity index is 1.98. The van der Waals surface area contributed by atoms with E-state index in [1.54, 1.807) is 37.7 Å². The van der Waals surface area contributed by atoms with Gasteiger partial charge in [-0.3, -0.25) is 4.79 Å². The third-order valence-corrected chi connectivity index (χ3v) is 2.86. The molecule has 2 N–H and O–H groups in total. The average molecular weight is 275 g/mol. The predicted octanol–water partition coefficient (Wildman–Crippen LogP) is 1.40. The van der Waals surface area contributed by atoms with Crippen molar-refractivity contribution >= 4 is 5.91 Å². The lowest BCUT2D eigenvalue weighted by molar-refractivity contribution is 0.0951. The molecule has 0 fully saturated rings. The fourth-order valence-electron chi connectivity index (χ4n) is 1.81. The minimum Gasteiger partial charge on any atom is -0.497 e. The summed E-state index contributed by atoms with van der Waals surface area (Å²) >= 11 is 0. The first kappa shape index (κ1) is 13.9. The van der Waals surface area contributed by atoms with Crippen LogP contribution in [0.5, 0.6) is 11.5 Å². The van der Waals surface area contributed by atoms with Gasteiger partial charge >= 0.3 is 0 Å². The van der Waals surface area contributed by atoms with Crippen molar-refractivity contribution in [2.45, 2.75) is 6.42 Å². The maximum absolute atomic E-state index is 12.1. The number of rotatable bonds is 6. The van der Waals surface area contributed by atoms with E-state index in [9.17, 15) is 4.79 Å². The van der Waals surface area contributed by atoms with Crippen molar-refractivity contribution < 1.29 is 14.3 Å². The van der Waals surface area contributed by atoms with E-state index in [-0.39, 0.29) is 5.91 Å². The van der Waals surface area contributed by atoms with Crippen LogP contribution in [0.4, 0.5) is 0 Å². The van der Waals surface area contributed by atoms with E-state index < -0.39 is 0 Å². The fourth-order valence-corrected chi connectivity index (χ4v) is 1.81. The highest BCUT2D eigenvalue weighted by Gasteiger charge is 2.12. The lowest BCUT2D eigenvalue weighted by atomic mass is 10.1. The molecule has 2 aromatic rings. The van der Waals surface area contributed by atoms with Crippen LogP contribution in [0.3, 0.4) is 0 Å². The summed E-state index contributed by atoms with van der Waals surface area (Å²) in [6, 6.07) is 5.09. The lowest BCUT2D eigenvalue weighted by Gasteiger charge is -2.10. The van der Waals surface area contributed by atoms with Crippen LogP contribution >= 0.6 is 0 Å². The number of hydrogen-bond donors (Lipinski definition) is 2. The van der Waals surface area contributed by atoms with Gasteiger partial charge in [0.25, 0.3) is 5.91 Å². The molecule has 0 unspecified atom stereocenters. The molecule has 1 heterocycles. The zero-order valence-corrected chi connectivity index (χ0v) is 11.5. The molecule has 6 heteroatoms. The molecule has 1 aromatic carbocycles. The smallest absolute Gasteiger partial charge is 0.255 e. The van der Waals surface area contributed by atoms with Crippen LogP contribution in [-0.2, 0) is 6.42 Å². The predicted molar refractivity (Wildman–Crippen MR) is 74.2 cm³/mol. The minimum absolute atomic E-state index is 0.184. The summed E-state index contributed by atoms with van der Waals surface area (Å²) in [5.41, 5.74) is 0.479. The summed E-state index contributed by atoms with van der Waals surface area (Å²) in [6.45, 7) is 0.502. The molecule has 0 atom stereocenters. The Morgan fingerprint density at radius 1 is 1.35 bits per heavy atom. The minimum atomic E-state index is -0.184. The molecule has 1 aromatic heterocycles. The van der Waals surface area contributed by atoms with Crippen molar-refractivity contribution in [2.75, 3.05) is 20.8 Å². The van der Waals surface area contributed by atoms with Gasteiger partial charge in [-0.2, -0.15) is 0 Å². The van der Waals surface area contributed by atoms with Crippen LogP contribution in [0, 0.1) is 0 Å². The van der Waals surface area contributed by atoms with E-state index in [1.165, 1.54) is 7.11 Å². The number of nitrogens with zero attached hydrogens (tertiary/aromatic N) is 1. The lowest BCUT2D eigenvalue weighted by Crippen LogP contribution is -2.26. The van der Waals surface area contributed by atoms with Gasteiger partial charge in [0.05, 0.1) is 19.8 Å². The Morgan fingerprint density at radius 2 is 2.20 bits per heavy atom. The number of carbonyl (C=O) groups excluding carboxylic acids is 1. The molecule has 106 valence electrons. The summed E-state index contributed by atoms with van der Waals surface area (Å²) in [6.07, 6.45) is 4.09. The van der Waals surface area contributed by atoms with Gasteiger partial charge in [-0.25, -0.2) is 4.98 Å². The van der Waals surface area contributed by atoms with Crippen molar-refractivity contribution in [2.24, 2.45) is 0 Å². The SMILES string of the molecule is COc1ccc(C(=O)NCCc2ncc[nH]2)c(OC)c1. The normalized spacial score (nSPS) is 10.1. The summed E-state index contributed by atoms with van der Waals surface area (Å²) in [4.78, 5) is 19.2. The Bertz CT molecular complexity index is 567. The molecule has 0 aliphatic carbocycles. The van der Waals surface area contributed by atoms with Crippen LogP contribution < -0.4 is 14.8 Å². The highest BCUT2D eigenvalue weighted by Crippen LogP contribution is 2.24. The number of carbonyl (C=O) groups is 1. The van der Waals surface area contributed by atoms with Gasteiger partial charge in [0, 0.05) is 31.4 Å². The highest BCUT2D eigenvalue weighted by atomic mass is 16.5. The maximum Gasteiger partial charge on any atom is 0.255 e. The number of imidazole rings is 1. The van der Waals surface area contributed by atoms with Gasteiger partial charge in [-0.05, 0) is 12.1 Å². The Labute approximate surface area is 117 Å². The van der Waals surface area contributed by atoms with E-state index >= 15 is 0 Å². The number of nitrogens with one attached hydrogen (secondary N) is 2. The van der Waals surface area contributed by atoms with Crippen molar-refractivity contribution in [1.82, 2.24) is 15.3 Å². The highest BCUT2D eigenvalue weighted by molar-refractivity contribution is 5.97. The fraction of sp³-hybridized carbons (Fsp3) is 0.286. The van der Waals surface area contributed by atoms with Crippen LogP contribution in [0.15, 0.2) is 30.6 Å². The van der Waals surface area contributed by atoms with Gasteiger partial charge in [0.15, 0.2) is 0 Å². The Morgan fingerprint density at radius 3 is 2.85 bits per heavy atom. The van der Waals surface area contributed by atoms with Crippen LogP contribution in [0.25, 0.3) is 0 Å². The molecule has 0 radical (unpaired) electrons. The summed E-state index contributed by atoms with van der Waals surface area (Å²) in [7, 11) is 3.09. The largest absolute Gasteiger partial charge is 0.497 e. The summed E-state index contributed by atoms with van der Waals surface area (Å²) in [5, 5.41) is 2.83. The monoisotopic (exact) mass is 275 g/mol. The zero-order chi connectivity index (χ0) is 14.4. The van der Waals surface area contributed by atoms with E-state index in [0.717, 1.165) is 5.82 Å². The average Bonchev–Trinajstić information content (AvgIpc) is 2.99. The molecule has 0 spiro atoms. The molecule has 2 rings (SSSR count). The third kappa shape index (κ3) is 3.28. The Kier molecular flexibility index (Phi) is 4.60. The number of benzene rings is 1. The molecule has 20 heavy (non-hydrogen) atoms. The van der Waals surface area contributed by atoms with Crippen molar-refractivity contribution in [3.05, 3.63) is 42.0 Å². The van der Waals surface area contributed by atoms with E-state index in [0.29, 0.717) is 30.0 Å². The Hall–Kier alpha value is -2.50. The summed E-state index contributed by atoms with van der Waals surface area (Å²) < 4.78 is 10.3. The van der Waals surface area contributed by atoms with Crippen molar-refractivity contribution in [3.8, 4) is 11.5 Å². The molecule has 0 saturated heterocycles. The molecule has 0 saturated carbocycles. The van der Waals surface area contributed by atoms with Gasteiger partial charge in [-0.1, -0.05) is 0 Å². The van der Waals surface area contributed by atoms with Crippen molar-refractivity contribution in [1.29, 1.82) is 0 Å². The van der Waals surface area contributed by atoms with E-state index in [1.807, 2.05) is 0 Å². The first-order valence-corrected chi connectivity index (χ1v) is 6.23. The van der Waals surface area contributed by atoms with Gasteiger partial charge < -0.3 is 19.8 Å². The second-order valence-corrected chi connectivity index (χ2v) is 4.11. The number of ether oxygens (including phenoxy) is 2. The number of aromatic amines is 1. The molecule has 0 aliphatic rings. The quantitative estimate of drug-likeness (QED) is 0.835. The molecule has 1 amide bonds. The van der Waals surface area contributed by atoms with Gasteiger partial charge in [-0.15, -0.1) is 0 Å². The first-order chi connectivity index (χ1) is 9.74. The molecular formula is C14H17N3O3. The van der Waals surface area contributed by atoms with Gasteiger partial charge in [0.2, 0.25) is 0 Å². The van der Waals surface area contributed by atoms with Gasteiger partial charge in [0.1, 0.15) is 17.3 Å². The number of aromatic nitrogens is 2. The molecule has 0 bridgehead atoms. The maximum atomic E-state index is 12.1. The number of methoxy groups -OCH3 is 2. The zero-order valence-electron chi connectivity index (χ0n) is 11.5. The van der Waals surface area contributed by atoms with Crippen LogP contribution in [-0.4, -0.2) is 36.6 Å². The first-order valence-electron chi connectivity index (χ1n) is 6.23. The van der Waals surface area contributed by atoms with Crippen LogP contribution in [0.1, 0.15) is 16.2 Å². The number of hydrogen-bond acceptors (Lipinski definition) is 4. The standard InChI is InChI=1S/C14H17N3O3/c1-19-10-3-4-11(12(9-10)20-2)14(18)17-6-5-13-15-7-8-16-13/h3-4,7-9H,5-6H2,1-2H3,(H,15,16)(H,17,18). The topological polar surface area (TPSA) is 76.2 Å². The van der Waals surface area contributed by atoms with Crippen molar-refractivity contribution in [3.63, 3.8) is 0 Å². The summed E-state index contributed by atoms with van der Waals surface area (Å²) in [5.74, 6) is 1.79. The molecular weight excluding hydrogens is 258 g/mol. The van der Waals surface area contributed by atoms with E-state index in [2.05, 4.69) is 15.3 Å². The van der Waals surface area contributed by atoms with E-state index in [4.69, 9.17) is 9.47 Å². The second-order valence-electron chi connectivity index (χ2n) is 4.11. The van der Waals surface area contributed by atoms with Crippen LogP contribution in [0.2, 0.25) is 0 Å². The number of amides is 1. The number of H-pyrrole nitrogens is 1. The molecule has 0 aliphatic heterocycles. The third-order valence-electron chi connectivity index (χ3n) is 2.86. The second kappa shape index (κ2) is 6.60. The molecule has 6 nitrogen and oxygen atoms in total.